The van der Waals surface area contributed by atoms with Crippen molar-refractivity contribution in [2.75, 3.05) is 0 Å². The molecule has 0 saturated carbocycles. The summed E-state index contributed by atoms with van der Waals surface area (Å²) in [6.07, 6.45) is 0.765. The number of halogens is 1. The molecule has 0 aliphatic carbocycles. The lowest BCUT2D eigenvalue weighted by atomic mass is 10.5. The zero-order valence-electron chi connectivity index (χ0n) is 3.11. The largest absolute Gasteiger partial charge is 0.303 e. The van der Waals surface area contributed by atoms with Gasteiger partial charge in [0.25, 0.3) is 0 Å². The third-order valence-corrected chi connectivity index (χ3v) is 0.786. The number of nitrogens with zero attached hydrogens (tertiary/aromatic N) is 1. The molecule has 0 atom stereocenters. The monoisotopic (exact) mass is 103 g/mol. The summed E-state index contributed by atoms with van der Waals surface area (Å²) in [4.78, 5) is 0. The van der Waals surface area contributed by atoms with Crippen molar-refractivity contribution < 1.29 is 0 Å². The van der Waals surface area contributed by atoms with Gasteiger partial charge in [0.05, 0.1) is 6.54 Å². The van der Waals surface area contributed by atoms with Crippen molar-refractivity contribution in [2.24, 2.45) is 5.10 Å². The molecule has 0 bridgehead atoms. The van der Waals surface area contributed by atoms with Crippen molar-refractivity contribution in [3.8, 4) is 0 Å². The lowest BCUT2D eigenvalue weighted by Crippen LogP contribution is -1.88. The molecular formula is C3H4ClN2. The van der Waals surface area contributed by atoms with Crippen LogP contribution in [0.3, 0.4) is 0 Å². The van der Waals surface area contributed by atoms with Crippen LogP contribution >= 0.6 is 11.6 Å². The van der Waals surface area contributed by atoms with Gasteiger partial charge >= 0.3 is 0 Å². The first-order valence-electron chi connectivity index (χ1n) is 1.69. The Kier molecular flexibility index (Phi) is 0.965. The molecule has 1 radical (unpaired) electrons. The minimum atomic E-state index is 0.634. The van der Waals surface area contributed by atoms with Crippen molar-refractivity contribution >= 4 is 16.8 Å². The van der Waals surface area contributed by atoms with E-state index in [1.165, 1.54) is 0 Å². The van der Waals surface area contributed by atoms with Gasteiger partial charge in [-0.05, 0) is 0 Å². The highest BCUT2D eigenvalue weighted by Gasteiger charge is 1.98. The Hall–Kier alpha value is -0.240. The predicted molar refractivity (Wildman–Crippen MR) is 25.3 cm³/mol. The molecule has 1 N–H and O–H groups in total. The van der Waals surface area contributed by atoms with Gasteiger partial charge in [-0.3, -0.25) is 0 Å². The maximum absolute atomic E-state index is 5.37. The second-order valence-corrected chi connectivity index (χ2v) is 1.46. The fourth-order valence-corrected chi connectivity index (χ4v) is 0.417. The molecule has 0 unspecified atom stereocenters. The zero-order valence-corrected chi connectivity index (χ0v) is 3.87. The van der Waals surface area contributed by atoms with Gasteiger partial charge in [-0.15, -0.1) is 0 Å². The van der Waals surface area contributed by atoms with Crippen molar-refractivity contribution in [2.45, 2.75) is 6.42 Å². The lowest BCUT2D eigenvalue weighted by Gasteiger charge is -1.74. The normalized spacial score (nSPS) is 19.8. The quantitative estimate of drug-likeness (QED) is 0.479. The van der Waals surface area contributed by atoms with E-state index in [0.717, 1.165) is 6.42 Å². The molecule has 6 heavy (non-hydrogen) atoms. The molecule has 0 aromatic heterocycles. The summed E-state index contributed by atoms with van der Waals surface area (Å²) in [5, 5.41) is 4.25. The fourth-order valence-electron chi connectivity index (χ4n) is 0.291. The van der Waals surface area contributed by atoms with Crippen LogP contribution in [0.1, 0.15) is 6.42 Å². The van der Waals surface area contributed by atoms with Crippen LogP contribution in [0, 0.1) is 6.54 Å². The summed E-state index contributed by atoms with van der Waals surface area (Å²) in [5.41, 5.74) is 2.60. The lowest BCUT2D eigenvalue weighted by molar-refractivity contribution is 0.918. The molecule has 0 amide bonds. The Bertz CT molecular complexity index is 78.9. The molecule has 0 aromatic rings. The van der Waals surface area contributed by atoms with Crippen molar-refractivity contribution in [1.82, 2.24) is 5.43 Å². The van der Waals surface area contributed by atoms with Crippen molar-refractivity contribution in [3.63, 3.8) is 0 Å². The van der Waals surface area contributed by atoms with Gasteiger partial charge in [0.2, 0.25) is 0 Å². The van der Waals surface area contributed by atoms with Crippen LogP contribution < -0.4 is 5.43 Å². The highest BCUT2D eigenvalue weighted by atomic mass is 35.5. The minimum Gasteiger partial charge on any atom is -0.303 e. The number of nitrogens with one attached hydrogen (secondary N) is 1. The first-order valence-corrected chi connectivity index (χ1v) is 2.06. The molecule has 0 fully saturated rings. The SMILES string of the molecule is ClC1=NN[CH]C1. The van der Waals surface area contributed by atoms with E-state index in [2.05, 4.69) is 10.5 Å². The van der Waals surface area contributed by atoms with Crippen LogP contribution in [0.5, 0.6) is 0 Å². The first-order chi connectivity index (χ1) is 2.89. The molecule has 0 saturated heterocycles. The van der Waals surface area contributed by atoms with Gasteiger partial charge in [0.15, 0.2) is 0 Å². The summed E-state index contributed by atoms with van der Waals surface area (Å²) in [6, 6.07) is 0. The fraction of sp³-hybridized carbons (Fsp3) is 0.333. The minimum absolute atomic E-state index is 0.634. The van der Waals surface area contributed by atoms with Crippen molar-refractivity contribution in [3.05, 3.63) is 6.54 Å². The van der Waals surface area contributed by atoms with E-state index in [0.29, 0.717) is 5.17 Å². The summed E-state index contributed by atoms with van der Waals surface area (Å²) in [6.45, 7) is 1.79. The Labute approximate surface area is 41.2 Å². The summed E-state index contributed by atoms with van der Waals surface area (Å²) in [5.74, 6) is 0. The van der Waals surface area contributed by atoms with E-state index >= 15 is 0 Å². The first kappa shape index (κ1) is 3.93. The number of hydrogen-bond acceptors (Lipinski definition) is 2. The standard InChI is InChI=1S/C3H4ClN2/c4-3-1-2-5-6-3/h2,5H,1H2. The summed E-state index contributed by atoms with van der Waals surface area (Å²) < 4.78 is 0. The number of rotatable bonds is 0. The van der Waals surface area contributed by atoms with Crippen LogP contribution in [-0.2, 0) is 0 Å². The van der Waals surface area contributed by atoms with Gasteiger partial charge < -0.3 is 5.43 Å². The van der Waals surface area contributed by atoms with E-state index in [-0.39, 0.29) is 0 Å². The second-order valence-electron chi connectivity index (χ2n) is 1.03. The van der Waals surface area contributed by atoms with E-state index in [1.54, 1.807) is 6.54 Å². The van der Waals surface area contributed by atoms with E-state index in [4.69, 9.17) is 11.6 Å². The third kappa shape index (κ3) is 0.627. The number of hydrogen-bond donors (Lipinski definition) is 1. The van der Waals surface area contributed by atoms with Crippen LogP contribution in [0.2, 0.25) is 0 Å². The van der Waals surface area contributed by atoms with Crippen molar-refractivity contribution in [1.29, 1.82) is 0 Å². The summed E-state index contributed by atoms with van der Waals surface area (Å²) in [7, 11) is 0. The van der Waals surface area contributed by atoms with Crippen LogP contribution in [0.25, 0.3) is 0 Å². The van der Waals surface area contributed by atoms with Crippen LogP contribution in [0.4, 0.5) is 0 Å². The Morgan fingerprint density at radius 3 is 3.00 bits per heavy atom. The average Bonchev–Trinajstić information content (AvgIpc) is 1.86. The van der Waals surface area contributed by atoms with E-state index < -0.39 is 0 Å². The molecule has 1 aliphatic rings. The Morgan fingerprint density at radius 1 is 2.00 bits per heavy atom. The molecule has 33 valence electrons. The predicted octanol–water partition coefficient (Wildman–Crippen LogP) is 0.694. The third-order valence-electron chi connectivity index (χ3n) is 0.548. The summed E-state index contributed by atoms with van der Waals surface area (Å²) >= 11 is 5.37. The van der Waals surface area contributed by atoms with Gasteiger partial charge in [-0.25, -0.2) is 0 Å². The second kappa shape index (κ2) is 1.47. The molecule has 1 heterocycles. The number of hydrazone groups is 1. The van der Waals surface area contributed by atoms with E-state index in [1.807, 2.05) is 0 Å². The molecular weight excluding hydrogens is 99.5 g/mol. The van der Waals surface area contributed by atoms with Gasteiger partial charge in [-0.2, -0.15) is 5.10 Å². The Balaban J connectivity index is 2.45. The molecule has 0 spiro atoms. The zero-order chi connectivity index (χ0) is 4.41. The maximum atomic E-state index is 5.37. The topological polar surface area (TPSA) is 24.4 Å². The highest BCUT2D eigenvalue weighted by Crippen LogP contribution is 1.99. The molecule has 2 nitrogen and oxygen atoms in total. The van der Waals surface area contributed by atoms with Gasteiger partial charge in [0.1, 0.15) is 5.17 Å². The molecule has 0 aromatic carbocycles. The molecule has 1 rings (SSSR count). The van der Waals surface area contributed by atoms with Crippen LogP contribution in [-0.4, -0.2) is 5.17 Å². The molecule has 1 aliphatic heterocycles. The van der Waals surface area contributed by atoms with Gasteiger partial charge in [0, 0.05) is 6.42 Å². The maximum Gasteiger partial charge on any atom is 0.128 e. The highest BCUT2D eigenvalue weighted by molar-refractivity contribution is 6.65. The van der Waals surface area contributed by atoms with E-state index in [9.17, 15) is 0 Å². The van der Waals surface area contributed by atoms with Gasteiger partial charge in [-0.1, -0.05) is 11.6 Å². The molecule has 3 heteroatoms. The van der Waals surface area contributed by atoms with Crippen LogP contribution in [0.15, 0.2) is 5.10 Å². The Morgan fingerprint density at radius 2 is 2.83 bits per heavy atom. The average molecular weight is 104 g/mol. The smallest absolute Gasteiger partial charge is 0.128 e.